The van der Waals surface area contributed by atoms with E-state index >= 15 is 0 Å². The first-order chi connectivity index (χ1) is 25.1. The van der Waals surface area contributed by atoms with Crippen molar-refractivity contribution in [3.63, 3.8) is 0 Å². The third kappa shape index (κ3) is 24.1. The van der Waals surface area contributed by atoms with Crippen molar-refractivity contribution < 1.29 is 32.3 Å². The third-order valence-corrected chi connectivity index (χ3v) is 11.7. The smallest absolute Gasteiger partial charge is 0.308 e. The summed E-state index contributed by atoms with van der Waals surface area (Å²) in [6, 6.07) is 6.73. The second-order valence-corrected chi connectivity index (χ2v) is 16.9. The topological polar surface area (TPSA) is 130 Å². The highest BCUT2D eigenvalue weighted by molar-refractivity contribution is 7.89. The molecule has 0 amide bonds. The quantitative estimate of drug-likeness (QED) is 0.0843. The van der Waals surface area contributed by atoms with E-state index in [1.807, 2.05) is 39.8 Å². The summed E-state index contributed by atoms with van der Waals surface area (Å²) in [5.41, 5.74) is 1.14. The lowest BCUT2D eigenvalue weighted by molar-refractivity contribution is -0.148. The van der Waals surface area contributed by atoms with Crippen molar-refractivity contribution in [1.82, 2.24) is 0 Å². The lowest BCUT2D eigenvalue weighted by Gasteiger charge is -2.25. The van der Waals surface area contributed by atoms with Crippen LogP contribution in [0.2, 0.25) is 0 Å². The van der Waals surface area contributed by atoms with Gasteiger partial charge in [-0.05, 0) is 69.1 Å². The standard InChI is InChI=1S/C17H34O2.C10H15NO2S.C10H20O.C7H10O2/c1-4-6-7-8-9-10-11-12-13-14-15-19-17(18)16(3)5-2;1-3-8(2)9-4-6-10(7-5-9)14(11,12)13;1-3-9(2)11-10-7-5-4-6-8-10;1-4-5(2)7(9)3-6(4)8/h16H,4-15H2,1-3H3;4-8H,3H2,1-2H3,(H2,11,12,13);9-10H,3-8H2,1-2H3;4-5H,3H2,1-2H3. The molecule has 5 atom stereocenters. The molecular formula is C44H79NO7S. The first kappa shape index (κ1) is 50.9. The number of rotatable bonds is 19. The Labute approximate surface area is 325 Å². The summed E-state index contributed by atoms with van der Waals surface area (Å²) < 4.78 is 33.0. The maximum absolute atomic E-state index is 11.4. The van der Waals surface area contributed by atoms with Gasteiger partial charge >= 0.3 is 5.97 Å². The second kappa shape index (κ2) is 30.2. The number of ether oxygens (including phenoxy) is 2. The molecule has 8 nitrogen and oxygen atoms in total. The number of carbonyl (C=O) groups is 3. The van der Waals surface area contributed by atoms with Crippen molar-refractivity contribution in [2.24, 2.45) is 22.9 Å². The van der Waals surface area contributed by atoms with Crippen LogP contribution >= 0.6 is 0 Å². The summed E-state index contributed by atoms with van der Waals surface area (Å²) in [4.78, 5) is 33.1. The number of benzene rings is 1. The molecule has 308 valence electrons. The number of primary sulfonamides is 1. The average molecular weight is 766 g/mol. The summed E-state index contributed by atoms with van der Waals surface area (Å²) in [5, 5.41) is 4.99. The number of hydrogen-bond acceptors (Lipinski definition) is 7. The second-order valence-electron chi connectivity index (χ2n) is 15.4. The molecule has 0 spiro atoms. The summed E-state index contributed by atoms with van der Waals surface area (Å²) in [6.45, 7) is 19.0. The van der Waals surface area contributed by atoms with Crippen LogP contribution in [-0.4, -0.2) is 44.8 Å². The third-order valence-electron chi connectivity index (χ3n) is 10.8. The first-order valence-electron chi connectivity index (χ1n) is 21.1. The lowest BCUT2D eigenvalue weighted by atomic mass is 9.97. The molecule has 0 aromatic heterocycles. The minimum Gasteiger partial charge on any atom is -0.465 e. The molecule has 2 aliphatic rings. The van der Waals surface area contributed by atoms with E-state index in [1.54, 1.807) is 12.1 Å². The number of nitrogens with two attached hydrogens (primary N) is 1. The molecule has 1 aromatic carbocycles. The van der Waals surface area contributed by atoms with Crippen LogP contribution in [-0.2, 0) is 33.9 Å². The van der Waals surface area contributed by atoms with Crippen LogP contribution in [0.1, 0.15) is 196 Å². The van der Waals surface area contributed by atoms with Gasteiger partial charge in [-0.3, -0.25) is 14.4 Å². The molecule has 0 bridgehead atoms. The van der Waals surface area contributed by atoms with Gasteiger partial charge in [0.25, 0.3) is 0 Å². The number of hydrogen-bond donors (Lipinski definition) is 1. The van der Waals surface area contributed by atoms with Crippen molar-refractivity contribution in [3.8, 4) is 0 Å². The van der Waals surface area contributed by atoms with Gasteiger partial charge < -0.3 is 9.47 Å². The van der Waals surface area contributed by atoms with Crippen LogP contribution < -0.4 is 5.14 Å². The van der Waals surface area contributed by atoms with Gasteiger partial charge in [-0.25, -0.2) is 13.6 Å². The van der Waals surface area contributed by atoms with E-state index in [4.69, 9.17) is 14.6 Å². The average Bonchev–Trinajstić information content (AvgIpc) is 3.38. The minimum absolute atomic E-state index is 0.0292. The van der Waals surface area contributed by atoms with Gasteiger partial charge in [-0.2, -0.15) is 0 Å². The van der Waals surface area contributed by atoms with E-state index in [1.165, 1.54) is 89.9 Å². The Bertz CT molecular complexity index is 1190. The van der Waals surface area contributed by atoms with Gasteiger partial charge in [0.05, 0.1) is 36.0 Å². The van der Waals surface area contributed by atoms with Gasteiger partial charge in [0.2, 0.25) is 10.0 Å². The zero-order chi connectivity index (χ0) is 40.2. The van der Waals surface area contributed by atoms with Crippen LogP contribution in [0.25, 0.3) is 0 Å². The number of carbonyl (C=O) groups excluding carboxylic acids is 3. The number of esters is 1. The highest BCUT2D eigenvalue weighted by Gasteiger charge is 2.34. The summed E-state index contributed by atoms with van der Waals surface area (Å²) in [6.07, 6.45) is 24.2. The molecule has 2 saturated carbocycles. The molecule has 2 fully saturated rings. The summed E-state index contributed by atoms with van der Waals surface area (Å²) in [7, 11) is -3.55. The fraction of sp³-hybridized carbons (Fsp3) is 0.795. The van der Waals surface area contributed by atoms with E-state index in [0.29, 0.717) is 24.7 Å². The zero-order valence-electron chi connectivity index (χ0n) is 35.3. The SMILES string of the molecule is CC1C(=O)CC(=O)C1C.CCC(C)OC1CCCCC1.CCC(C)c1ccc(S(N)(=O)=O)cc1.CCCCCCCCCCCCOC(=O)C(C)CC. The maximum atomic E-state index is 11.4. The van der Waals surface area contributed by atoms with Crippen molar-refractivity contribution in [3.05, 3.63) is 29.8 Å². The van der Waals surface area contributed by atoms with Gasteiger partial charge in [-0.1, -0.05) is 145 Å². The van der Waals surface area contributed by atoms with Crippen molar-refractivity contribution in [2.75, 3.05) is 6.61 Å². The van der Waals surface area contributed by atoms with Gasteiger partial charge in [0.15, 0.2) is 0 Å². The largest absolute Gasteiger partial charge is 0.465 e. The first-order valence-corrected chi connectivity index (χ1v) is 22.7. The highest BCUT2D eigenvalue weighted by Crippen LogP contribution is 2.24. The van der Waals surface area contributed by atoms with Crippen molar-refractivity contribution in [2.45, 2.75) is 207 Å². The van der Waals surface area contributed by atoms with Crippen LogP contribution in [0, 0.1) is 17.8 Å². The van der Waals surface area contributed by atoms with E-state index in [2.05, 4.69) is 34.6 Å². The Morgan fingerprint density at radius 1 is 0.736 bits per heavy atom. The predicted octanol–water partition coefficient (Wildman–Crippen LogP) is 11.3. The fourth-order valence-electron chi connectivity index (χ4n) is 5.97. The molecule has 3 rings (SSSR count). The molecule has 5 unspecified atom stereocenters. The molecule has 0 aliphatic heterocycles. The summed E-state index contributed by atoms with van der Waals surface area (Å²) in [5.74, 6) is 0.626. The Kier molecular flexibility index (Phi) is 29.0. The van der Waals surface area contributed by atoms with Crippen LogP contribution in [0.15, 0.2) is 29.2 Å². The van der Waals surface area contributed by atoms with E-state index in [9.17, 15) is 22.8 Å². The Morgan fingerprint density at radius 3 is 1.62 bits per heavy atom. The maximum Gasteiger partial charge on any atom is 0.308 e. The number of unbranched alkanes of at least 4 members (excludes halogenated alkanes) is 9. The molecule has 2 aliphatic carbocycles. The van der Waals surface area contributed by atoms with E-state index in [-0.39, 0.29) is 46.6 Å². The Balaban J connectivity index is 0.000000705. The Morgan fingerprint density at radius 2 is 1.23 bits per heavy atom. The molecule has 1 aromatic rings. The van der Waals surface area contributed by atoms with Crippen LogP contribution in [0.5, 0.6) is 0 Å². The predicted molar refractivity (Wildman–Crippen MR) is 219 cm³/mol. The highest BCUT2D eigenvalue weighted by atomic mass is 32.2. The van der Waals surface area contributed by atoms with Gasteiger partial charge in [-0.15, -0.1) is 0 Å². The molecule has 53 heavy (non-hydrogen) atoms. The molecular weight excluding hydrogens is 687 g/mol. The number of ketones is 2. The molecule has 0 radical (unpaired) electrons. The molecule has 0 heterocycles. The van der Waals surface area contributed by atoms with Gasteiger partial charge in [0, 0.05) is 11.8 Å². The number of Topliss-reactive ketones (excluding diaryl/α,β-unsaturated/α-hetero) is 2. The van der Waals surface area contributed by atoms with Crippen molar-refractivity contribution >= 4 is 27.6 Å². The van der Waals surface area contributed by atoms with E-state index in [0.717, 1.165) is 31.2 Å². The monoisotopic (exact) mass is 766 g/mol. The van der Waals surface area contributed by atoms with E-state index < -0.39 is 10.0 Å². The van der Waals surface area contributed by atoms with Crippen molar-refractivity contribution in [1.29, 1.82) is 0 Å². The summed E-state index contributed by atoms with van der Waals surface area (Å²) >= 11 is 0. The van der Waals surface area contributed by atoms with Crippen LogP contribution in [0.3, 0.4) is 0 Å². The minimum atomic E-state index is -3.55. The normalized spacial score (nSPS) is 19.1. The zero-order valence-corrected chi connectivity index (χ0v) is 36.1. The van der Waals surface area contributed by atoms with Gasteiger partial charge in [0.1, 0.15) is 11.6 Å². The van der Waals surface area contributed by atoms with Crippen LogP contribution in [0.4, 0.5) is 0 Å². The molecule has 0 saturated heterocycles. The fourth-order valence-corrected chi connectivity index (χ4v) is 6.49. The Hall–Kier alpha value is -2.10. The molecule has 2 N–H and O–H groups in total. The number of sulfonamides is 1. The lowest BCUT2D eigenvalue weighted by Crippen LogP contribution is -2.21. The molecule has 9 heteroatoms.